The summed E-state index contributed by atoms with van der Waals surface area (Å²) in [7, 11) is -3.07. The maximum absolute atomic E-state index is 13.8. The number of dihydropyridines is 1. The van der Waals surface area contributed by atoms with Crippen LogP contribution in [0.25, 0.3) is 6.08 Å². The summed E-state index contributed by atoms with van der Waals surface area (Å²) >= 11 is 0. The van der Waals surface area contributed by atoms with E-state index < -0.39 is 68.2 Å². The van der Waals surface area contributed by atoms with Gasteiger partial charge in [0.05, 0.1) is 22.8 Å². The van der Waals surface area contributed by atoms with Gasteiger partial charge in [0.1, 0.15) is 17.6 Å². The Labute approximate surface area is 181 Å². The van der Waals surface area contributed by atoms with Crippen LogP contribution in [0, 0.1) is 0 Å². The number of rotatable bonds is 4. The number of hydroxylamine groups is 1. The van der Waals surface area contributed by atoms with E-state index in [1.165, 1.54) is 14.0 Å². The molecule has 2 aliphatic rings. The van der Waals surface area contributed by atoms with Crippen LogP contribution in [0.3, 0.4) is 0 Å². The fraction of sp³-hybridized carbons (Fsp3) is 0.471. The third kappa shape index (κ3) is 4.20. The van der Waals surface area contributed by atoms with Crippen molar-refractivity contribution in [1.29, 1.82) is 0 Å². The number of alkyl halides is 8. The van der Waals surface area contributed by atoms with Gasteiger partial charge in [-0.3, -0.25) is 5.21 Å². The first-order valence-corrected chi connectivity index (χ1v) is 10.7. The summed E-state index contributed by atoms with van der Waals surface area (Å²) in [5.74, 6) is -6.58. The molecule has 0 saturated heterocycles. The second-order valence-corrected chi connectivity index (χ2v) is 9.46. The zero-order chi connectivity index (χ0) is 25.1. The van der Waals surface area contributed by atoms with Crippen LogP contribution in [-0.2, 0) is 16.9 Å². The summed E-state index contributed by atoms with van der Waals surface area (Å²) in [4.78, 5) is 3.12. The van der Waals surface area contributed by atoms with Crippen molar-refractivity contribution in [3.8, 4) is 0 Å². The maximum Gasteiger partial charge on any atom is 0.457 e. The molecule has 3 heterocycles. The molecule has 7 nitrogen and oxygen atoms in total. The number of aromatic nitrogens is 2. The normalized spacial score (nSPS) is 20.0. The zero-order valence-corrected chi connectivity index (χ0v) is 17.6. The van der Waals surface area contributed by atoms with E-state index in [4.69, 9.17) is 0 Å². The van der Waals surface area contributed by atoms with Crippen molar-refractivity contribution in [2.75, 3.05) is 17.4 Å². The fourth-order valence-corrected chi connectivity index (χ4v) is 4.52. The average molecular weight is 508 g/mol. The number of hydrogen-bond donors (Lipinski definition) is 2. The number of nitrogens with zero attached hydrogens (tertiary/aromatic N) is 3. The van der Waals surface area contributed by atoms with Crippen LogP contribution in [0.15, 0.2) is 28.3 Å². The Morgan fingerprint density at radius 1 is 1.15 bits per heavy atom. The highest BCUT2D eigenvalue weighted by molar-refractivity contribution is 7.95. The molecular formula is C17H16F8N4O3S. The van der Waals surface area contributed by atoms with Crippen LogP contribution < -0.4 is 10.4 Å². The minimum Gasteiger partial charge on any atom is -0.376 e. The van der Waals surface area contributed by atoms with Gasteiger partial charge >= 0.3 is 18.3 Å². The van der Waals surface area contributed by atoms with Gasteiger partial charge in [0.25, 0.3) is 0 Å². The second-order valence-electron chi connectivity index (χ2n) is 7.18. The lowest BCUT2D eigenvalue weighted by molar-refractivity contribution is -0.264. The van der Waals surface area contributed by atoms with Crippen molar-refractivity contribution in [2.45, 2.75) is 31.2 Å². The molecule has 184 valence electrons. The molecule has 1 aromatic heterocycles. The molecule has 2 aliphatic heterocycles. The van der Waals surface area contributed by atoms with E-state index >= 15 is 0 Å². The van der Waals surface area contributed by atoms with Gasteiger partial charge in [0, 0.05) is 18.8 Å². The lowest BCUT2D eigenvalue weighted by Gasteiger charge is -2.29. The summed E-state index contributed by atoms with van der Waals surface area (Å²) in [6.45, 7) is -0.0589. The van der Waals surface area contributed by atoms with Gasteiger partial charge in [-0.05, 0) is 12.2 Å². The zero-order valence-electron chi connectivity index (χ0n) is 16.8. The van der Waals surface area contributed by atoms with E-state index in [-0.39, 0.29) is 16.7 Å². The highest BCUT2D eigenvalue weighted by Gasteiger charge is 2.60. The van der Waals surface area contributed by atoms with E-state index in [2.05, 4.69) is 10.3 Å². The number of hydrogen-bond acceptors (Lipinski definition) is 6. The smallest absolute Gasteiger partial charge is 0.376 e. The average Bonchev–Trinajstić information content (AvgIpc) is 3.02. The van der Waals surface area contributed by atoms with Crippen molar-refractivity contribution >= 4 is 21.7 Å². The minimum atomic E-state index is -5.95. The van der Waals surface area contributed by atoms with Gasteiger partial charge in [0.2, 0.25) is 0 Å². The van der Waals surface area contributed by atoms with Crippen LogP contribution in [-0.4, -0.2) is 53.7 Å². The van der Waals surface area contributed by atoms with Crippen molar-refractivity contribution in [2.24, 2.45) is 7.05 Å². The molecule has 1 atom stereocenters. The number of anilines is 1. The molecule has 0 bridgehead atoms. The molecule has 0 fully saturated rings. The third-order valence-corrected chi connectivity index (χ3v) is 6.90. The Kier molecular flexibility index (Phi) is 5.85. The van der Waals surface area contributed by atoms with Gasteiger partial charge in [-0.2, -0.15) is 35.1 Å². The molecule has 0 spiro atoms. The van der Waals surface area contributed by atoms with Crippen molar-refractivity contribution in [1.82, 2.24) is 14.9 Å². The second kappa shape index (κ2) is 7.72. The summed E-state index contributed by atoms with van der Waals surface area (Å²) in [5.41, 5.74) is -3.39. The van der Waals surface area contributed by atoms with Gasteiger partial charge in [-0.1, -0.05) is 6.92 Å². The maximum atomic E-state index is 13.8. The summed E-state index contributed by atoms with van der Waals surface area (Å²) in [5, 5.41) is 12.4. The van der Waals surface area contributed by atoms with Crippen molar-refractivity contribution in [3.63, 3.8) is 0 Å². The van der Waals surface area contributed by atoms with E-state index in [1.807, 2.05) is 0 Å². The molecule has 0 amide bonds. The molecule has 0 radical (unpaired) electrons. The topological polar surface area (TPSA) is 87.5 Å². The van der Waals surface area contributed by atoms with Gasteiger partial charge < -0.3 is 9.88 Å². The predicted molar refractivity (Wildman–Crippen MR) is 98.9 cm³/mol. The summed E-state index contributed by atoms with van der Waals surface area (Å²) < 4.78 is 131. The molecule has 0 aliphatic carbocycles. The quantitative estimate of drug-likeness (QED) is 0.605. The monoisotopic (exact) mass is 508 g/mol. The van der Waals surface area contributed by atoms with Crippen LogP contribution in [0.5, 0.6) is 0 Å². The fourth-order valence-electron chi connectivity index (χ4n) is 3.34. The molecule has 0 saturated carbocycles. The SMILES string of the molecule is CCS(=O)(=O)C1=CC(C(F)(F)F)=CNC1c1nc2c(n1C)N(O)CC(C(F)(F)C(F)(F)F)=C2. The molecule has 3 rings (SSSR count). The van der Waals surface area contributed by atoms with Gasteiger partial charge in [-0.25, -0.2) is 18.5 Å². The predicted octanol–water partition coefficient (Wildman–Crippen LogP) is 3.62. The minimum absolute atomic E-state index is 0.0678. The standard InChI is InChI=1S/C17H16F8N4O3S/c1-3-33(31,32)11-5-8(16(20,21)22)6-26-12(11)13-27-10-4-9(15(18,19)17(23,24)25)7-29(30)14(10)28(13)2/h4-6,12,26,30H,3,7H2,1-2H3. The lowest BCUT2D eigenvalue weighted by Crippen LogP contribution is -2.43. The van der Waals surface area contributed by atoms with Crippen molar-refractivity contribution in [3.05, 3.63) is 39.8 Å². The number of allylic oxidation sites excluding steroid dienone is 2. The van der Waals surface area contributed by atoms with E-state index in [9.17, 15) is 48.7 Å². The molecular weight excluding hydrogens is 492 g/mol. The molecule has 1 unspecified atom stereocenters. The summed E-state index contributed by atoms with van der Waals surface area (Å²) in [6.07, 6.45) is -9.57. The first-order chi connectivity index (χ1) is 14.9. The Morgan fingerprint density at radius 2 is 1.76 bits per heavy atom. The van der Waals surface area contributed by atoms with Crippen LogP contribution in [0.1, 0.15) is 24.5 Å². The largest absolute Gasteiger partial charge is 0.457 e. The first-order valence-electron chi connectivity index (χ1n) is 9.08. The van der Waals surface area contributed by atoms with Crippen LogP contribution >= 0.6 is 0 Å². The van der Waals surface area contributed by atoms with E-state index in [0.29, 0.717) is 18.4 Å². The Bertz CT molecular complexity index is 1160. The number of sulfone groups is 1. The van der Waals surface area contributed by atoms with Crippen LogP contribution in [0.2, 0.25) is 0 Å². The summed E-state index contributed by atoms with van der Waals surface area (Å²) in [6, 6.07) is -1.54. The van der Waals surface area contributed by atoms with Gasteiger partial charge in [0.15, 0.2) is 15.7 Å². The lowest BCUT2D eigenvalue weighted by atomic mass is 10.0. The number of nitrogens with one attached hydrogen (secondary N) is 1. The molecule has 16 heteroatoms. The number of halogens is 8. The van der Waals surface area contributed by atoms with Crippen molar-refractivity contribution < 1.29 is 48.7 Å². The van der Waals surface area contributed by atoms with E-state index in [1.54, 1.807) is 0 Å². The Morgan fingerprint density at radius 3 is 2.27 bits per heavy atom. The number of fused-ring (bicyclic) bond motifs is 1. The molecule has 1 aromatic rings. The molecule has 0 aromatic carbocycles. The van der Waals surface area contributed by atoms with E-state index in [0.717, 1.165) is 4.57 Å². The van der Waals surface area contributed by atoms with Gasteiger partial charge in [-0.15, -0.1) is 0 Å². The molecule has 33 heavy (non-hydrogen) atoms. The third-order valence-electron chi connectivity index (χ3n) is 5.07. The van der Waals surface area contributed by atoms with Crippen LogP contribution in [0.4, 0.5) is 40.9 Å². The Balaban J connectivity index is 2.15. The highest BCUT2D eigenvalue weighted by Crippen LogP contribution is 2.45. The number of imidazole rings is 1. The first kappa shape index (κ1) is 25.0. The highest BCUT2D eigenvalue weighted by atomic mass is 32.2. The Hall–Kier alpha value is -2.62. The molecule has 2 N–H and O–H groups in total.